The molecule has 0 aliphatic carbocycles. The van der Waals surface area contributed by atoms with Crippen LogP contribution in [0.15, 0.2) is 23.1 Å². The van der Waals surface area contributed by atoms with Gasteiger partial charge in [-0.2, -0.15) is 0 Å². The number of benzene rings is 1. The Balaban J connectivity index is 1.98. The van der Waals surface area contributed by atoms with Crippen molar-refractivity contribution in [2.24, 2.45) is 11.3 Å². The fourth-order valence-electron chi connectivity index (χ4n) is 3.83. The topological polar surface area (TPSA) is 72.3 Å². The number of sulfone groups is 1. The number of aromatic nitrogens is 2. The molecule has 1 amide bonds. The number of amides is 1. The summed E-state index contributed by atoms with van der Waals surface area (Å²) < 4.78 is 26.8. The first-order chi connectivity index (χ1) is 13.1. The second-order valence-corrected chi connectivity index (χ2v) is 11.3. The van der Waals surface area contributed by atoms with Crippen LogP contribution in [0.1, 0.15) is 46.4 Å². The standard InChI is InChI=1S/C21H31N3O3S/c1-5-28(26,27)17-6-7-19-18(12-17)22-20(13-21(2,3)4)24(19)14-16-8-10-23(15-25)11-9-16/h6-7,12,15-16H,5,8-11,13-14H2,1-4H3. The molecule has 28 heavy (non-hydrogen) atoms. The van der Waals surface area contributed by atoms with Gasteiger partial charge < -0.3 is 9.47 Å². The van der Waals surface area contributed by atoms with E-state index in [1.807, 2.05) is 11.0 Å². The zero-order chi connectivity index (χ0) is 20.5. The van der Waals surface area contributed by atoms with Crippen molar-refractivity contribution in [3.05, 3.63) is 24.0 Å². The van der Waals surface area contributed by atoms with Crippen LogP contribution in [0.3, 0.4) is 0 Å². The van der Waals surface area contributed by atoms with Crippen molar-refractivity contribution in [3.63, 3.8) is 0 Å². The molecule has 1 aliphatic heterocycles. The van der Waals surface area contributed by atoms with Crippen molar-refractivity contribution in [3.8, 4) is 0 Å². The monoisotopic (exact) mass is 405 g/mol. The summed E-state index contributed by atoms with van der Waals surface area (Å²) in [6.07, 6.45) is 3.72. The second kappa shape index (κ2) is 7.85. The number of nitrogens with zero attached hydrogens (tertiary/aromatic N) is 3. The fraction of sp³-hybridized carbons (Fsp3) is 0.619. The van der Waals surface area contributed by atoms with Crippen LogP contribution in [0.5, 0.6) is 0 Å². The molecule has 0 saturated carbocycles. The van der Waals surface area contributed by atoms with Gasteiger partial charge >= 0.3 is 0 Å². The molecule has 2 heterocycles. The summed E-state index contributed by atoms with van der Waals surface area (Å²) in [5.74, 6) is 1.58. The third-order valence-electron chi connectivity index (χ3n) is 5.47. The molecule has 1 aromatic carbocycles. The predicted octanol–water partition coefficient (Wildman–Crippen LogP) is 3.29. The summed E-state index contributed by atoms with van der Waals surface area (Å²) in [4.78, 5) is 18.0. The predicted molar refractivity (Wildman–Crippen MR) is 111 cm³/mol. The van der Waals surface area contributed by atoms with Crippen molar-refractivity contribution in [2.75, 3.05) is 18.8 Å². The van der Waals surface area contributed by atoms with Gasteiger partial charge in [-0.1, -0.05) is 27.7 Å². The maximum absolute atomic E-state index is 12.3. The van der Waals surface area contributed by atoms with E-state index in [0.29, 0.717) is 10.8 Å². The highest BCUT2D eigenvalue weighted by atomic mass is 32.2. The summed E-state index contributed by atoms with van der Waals surface area (Å²) in [6, 6.07) is 5.32. The Morgan fingerprint density at radius 3 is 2.46 bits per heavy atom. The van der Waals surface area contributed by atoms with Gasteiger partial charge in [0.2, 0.25) is 6.41 Å². The van der Waals surface area contributed by atoms with Crippen LogP contribution in [0.4, 0.5) is 0 Å². The number of rotatable bonds is 6. The number of hydrogen-bond acceptors (Lipinski definition) is 4. The molecule has 3 rings (SSSR count). The molecule has 1 fully saturated rings. The Morgan fingerprint density at radius 2 is 1.89 bits per heavy atom. The molecule has 1 aliphatic rings. The molecule has 0 radical (unpaired) electrons. The number of carbonyl (C=O) groups is 1. The summed E-state index contributed by atoms with van der Waals surface area (Å²) in [6.45, 7) is 10.7. The van der Waals surface area contributed by atoms with E-state index in [1.165, 1.54) is 0 Å². The normalized spacial score (nSPS) is 16.6. The summed E-state index contributed by atoms with van der Waals surface area (Å²) in [7, 11) is -3.25. The Labute approximate surface area is 167 Å². The molecule has 0 N–H and O–H groups in total. The van der Waals surface area contributed by atoms with Crippen molar-refractivity contribution in [1.29, 1.82) is 0 Å². The van der Waals surface area contributed by atoms with Crippen LogP contribution >= 0.6 is 0 Å². The minimum absolute atomic E-state index is 0.0817. The Kier molecular flexibility index (Phi) is 5.84. The highest BCUT2D eigenvalue weighted by Crippen LogP contribution is 2.28. The van der Waals surface area contributed by atoms with Gasteiger partial charge in [0, 0.05) is 26.1 Å². The third-order valence-corrected chi connectivity index (χ3v) is 7.20. The van der Waals surface area contributed by atoms with Crippen molar-refractivity contribution < 1.29 is 13.2 Å². The van der Waals surface area contributed by atoms with Crippen molar-refractivity contribution in [1.82, 2.24) is 14.5 Å². The lowest BCUT2D eigenvalue weighted by atomic mass is 9.91. The van der Waals surface area contributed by atoms with Gasteiger partial charge in [-0.25, -0.2) is 13.4 Å². The van der Waals surface area contributed by atoms with Crippen LogP contribution in [-0.4, -0.2) is 48.1 Å². The van der Waals surface area contributed by atoms with E-state index in [0.717, 1.165) is 62.2 Å². The number of carbonyl (C=O) groups excluding carboxylic acids is 1. The first kappa shape index (κ1) is 20.8. The Hall–Kier alpha value is -1.89. The number of fused-ring (bicyclic) bond motifs is 1. The molecule has 7 heteroatoms. The first-order valence-corrected chi connectivity index (χ1v) is 11.7. The summed E-state index contributed by atoms with van der Waals surface area (Å²) in [5, 5.41) is 0. The van der Waals surface area contributed by atoms with E-state index in [2.05, 4.69) is 25.3 Å². The Bertz CT molecular complexity index is 949. The lowest BCUT2D eigenvalue weighted by Crippen LogP contribution is -2.34. The summed E-state index contributed by atoms with van der Waals surface area (Å²) in [5.41, 5.74) is 1.82. The third kappa shape index (κ3) is 4.57. The smallest absolute Gasteiger partial charge is 0.209 e. The molecule has 0 unspecified atom stereocenters. The largest absolute Gasteiger partial charge is 0.345 e. The van der Waals surface area contributed by atoms with E-state index >= 15 is 0 Å². The lowest BCUT2D eigenvalue weighted by Gasteiger charge is -2.30. The first-order valence-electron chi connectivity index (χ1n) is 10.0. The molecule has 0 spiro atoms. The average molecular weight is 406 g/mol. The van der Waals surface area contributed by atoms with Gasteiger partial charge in [-0.3, -0.25) is 4.79 Å². The van der Waals surface area contributed by atoms with E-state index in [-0.39, 0.29) is 11.2 Å². The van der Waals surface area contributed by atoms with Gasteiger partial charge in [0.1, 0.15) is 5.82 Å². The highest BCUT2D eigenvalue weighted by molar-refractivity contribution is 7.91. The molecule has 0 bridgehead atoms. The van der Waals surface area contributed by atoms with Crippen molar-refractivity contribution in [2.45, 2.75) is 58.4 Å². The minimum atomic E-state index is -3.25. The van der Waals surface area contributed by atoms with E-state index in [9.17, 15) is 13.2 Å². The molecular formula is C21H31N3O3S. The molecule has 1 aromatic heterocycles. The van der Waals surface area contributed by atoms with Crippen LogP contribution in [0.25, 0.3) is 11.0 Å². The number of piperidine rings is 1. The lowest BCUT2D eigenvalue weighted by molar-refractivity contribution is -0.119. The maximum Gasteiger partial charge on any atom is 0.209 e. The number of hydrogen-bond donors (Lipinski definition) is 0. The number of imidazole rings is 1. The van der Waals surface area contributed by atoms with E-state index in [1.54, 1.807) is 19.1 Å². The van der Waals surface area contributed by atoms with Crippen molar-refractivity contribution >= 4 is 27.3 Å². The zero-order valence-corrected chi connectivity index (χ0v) is 18.1. The quantitative estimate of drug-likeness (QED) is 0.692. The molecule has 6 nitrogen and oxygen atoms in total. The molecular weight excluding hydrogens is 374 g/mol. The van der Waals surface area contributed by atoms with Gasteiger partial charge in [0.15, 0.2) is 9.84 Å². The summed E-state index contributed by atoms with van der Waals surface area (Å²) >= 11 is 0. The molecule has 2 aromatic rings. The Morgan fingerprint density at radius 1 is 1.21 bits per heavy atom. The van der Waals surface area contributed by atoms with Crippen LogP contribution in [0.2, 0.25) is 0 Å². The maximum atomic E-state index is 12.3. The average Bonchev–Trinajstić information content (AvgIpc) is 2.97. The number of likely N-dealkylation sites (tertiary alicyclic amines) is 1. The van der Waals surface area contributed by atoms with E-state index in [4.69, 9.17) is 4.98 Å². The van der Waals surface area contributed by atoms with Crippen LogP contribution in [-0.2, 0) is 27.6 Å². The van der Waals surface area contributed by atoms with Gasteiger partial charge in [0.05, 0.1) is 21.7 Å². The molecule has 0 atom stereocenters. The van der Waals surface area contributed by atoms with E-state index < -0.39 is 9.84 Å². The van der Waals surface area contributed by atoms with Gasteiger partial charge in [-0.15, -0.1) is 0 Å². The van der Waals surface area contributed by atoms with Crippen LogP contribution < -0.4 is 0 Å². The minimum Gasteiger partial charge on any atom is -0.345 e. The molecule has 154 valence electrons. The zero-order valence-electron chi connectivity index (χ0n) is 17.3. The second-order valence-electron chi connectivity index (χ2n) is 9.01. The SMILES string of the molecule is CCS(=O)(=O)c1ccc2c(c1)nc(CC(C)(C)C)n2CC1CCN(C=O)CC1. The van der Waals surface area contributed by atoms with Gasteiger partial charge in [0.25, 0.3) is 0 Å². The molecule has 1 saturated heterocycles. The van der Waals surface area contributed by atoms with Gasteiger partial charge in [-0.05, 0) is 42.4 Å². The highest BCUT2D eigenvalue weighted by Gasteiger charge is 2.24. The fourth-order valence-corrected chi connectivity index (χ4v) is 4.73. The van der Waals surface area contributed by atoms with Crippen LogP contribution in [0, 0.1) is 11.3 Å².